The minimum absolute atomic E-state index is 0.196. The number of ether oxygens (including phenoxy) is 1. The van der Waals surface area contributed by atoms with E-state index in [-0.39, 0.29) is 5.54 Å². The van der Waals surface area contributed by atoms with Crippen molar-refractivity contribution in [1.29, 1.82) is 0 Å². The number of anilines is 1. The Morgan fingerprint density at radius 2 is 2.53 bits per heavy atom. The van der Waals surface area contributed by atoms with Crippen LogP contribution in [-0.2, 0) is 4.74 Å². The van der Waals surface area contributed by atoms with E-state index in [1.165, 1.54) is 6.33 Å². The minimum Gasteiger partial charge on any atom is -0.379 e. The Balaban J connectivity index is 2.16. The second-order valence-electron chi connectivity index (χ2n) is 3.56. The molecule has 0 radical (unpaired) electrons. The van der Waals surface area contributed by atoms with Crippen LogP contribution in [0, 0.1) is 0 Å². The molecule has 6 heteroatoms. The summed E-state index contributed by atoms with van der Waals surface area (Å²) in [5.41, 5.74) is -0.196. The predicted molar refractivity (Wildman–Crippen MR) is 62.2 cm³/mol. The minimum atomic E-state index is -0.196. The van der Waals surface area contributed by atoms with E-state index in [0.29, 0.717) is 12.5 Å². The summed E-state index contributed by atoms with van der Waals surface area (Å²) in [7, 11) is 0. The van der Waals surface area contributed by atoms with Crippen molar-refractivity contribution < 1.29 is 4.74 Å². The summed E-state index contributed by atoms with van der Waals surface area (Å²) in [5.74, 6) is 1.26. The number of rotatable bonds is 3. The van der Waals surface area contributed by atoms with Crippen LogP contribution in [0.2, 0.25) is 0 Å². The fourth-order valence-corrected chi connectivity index (χ4v) is 2.10. The first-order chi connectivity index (χ1) is 7.26. The molecule has 1 aliphatic rings. The molecule has 2 rings (SSSR count). The van der Waals surface area contributed by atoms with E-state index in [9.17, 15) is 0 Å². The summed E-state index contributed by atoms with van der Waals surface area (Å²) in [6, 6.07) is 0. The molecule has 1 aromatic heterocycles. The van der Waals surface area contributed by atoms with E-state index in [1.54, 1.807) is 6.20 Å². The first-order valence-electron chi connectivity index (χ1n) is 4.63. The summed E-state index contributed by atoms with van der Waals surface area (Å²) < 4.78 is 6.19. The zero-order valence-corrected chi connectivity index (χ0v) is 10.4. The largest absolute Gasteiger partial charge is 0.379 e. The molecular formula is C9H11BrClN3O. The van der Waals surface area contributed by atoms with Crippen LogP contribution in [0.3, 0.4) is 0 Å². The van der Waals surface area contributed by atoms with Gasteiger partial charge in [0.25, 0.3) is 0 Å². The van der Waals surface area contributed by atoms with Gasteiger partial charge in [-0.05, 0) is 22.4 Å². The smallest absolute Gasteiger partial charge is 0.144 e. The molecule has 0 saturated carbocycles. The van der Waals surface area contributed by atoms with Gasteiger partial charge in [0.15, 0.2) is 0 Å². The van der Waals surface area contributed by atoms with Crippen LogP contribution in [0.1, 0.15) is 6.42 Å². The van der Waals surface area contributed by atoms with Gasteiger partial charge >= 0.3 is 0 Å². The summed E-state index contributed by atoms with van der Waals surface area (Å²) in [6.07, 6.45) is 4.10. The van der Waals surface area contributed by atoms with Crippen molar-refractivity contribution in [2.45, 2.75) is 12.0 Å². The second kappa shape index (κ2) is 4.63. The molecule has 1 saturated heterocycles. The van der Waals surface area contributed by atoms with Gasteiger partial charge in [0.2, 0.25) is 0 Å². The zero-order chi connectivity index (χ0) is 10.7. The van der Waals surface area contributed by atoms with E-state index in [1.807, 2.05) is 0 Å². The van der Waals surface area contributed by atoms with Gasteiger partial charge in [0.1, 0.15) is 12.1 Å². The lowest BCUT2D eigenvalue weighted by molar-refractivity contribution is 0.185. The lowest BCUT2D eigenvalue weighted by Gasteiger charge is -2.27. The highest BCUT2D eigenvalue weighted by atomic mass is 79.9. The Bertz CT molecular complexity index is 344. The number of nitrogens with zero attached hydrogens (tertiary/aromatic N) is 2. The molecule has 2 heterocycles. The quantitative estimate of drug-likeness (QED) is 0.866. The molecule has 0 bridgehead atoms. The summed E-state index contributed by atoms with van der Waals surface area (Å²) >= 11 is 9.35. The monoisotopic (exact) mass is 291 g/mol. The van der Waals surface area contributed by atoms with Crippen molar-refractivity contribution in [3.05, 3.63) is 17.0 Å². The topological polar surface area (TPSA) is 47.0 Å². The van der Waals surface area contributed by atoms with Crippen LogP contribution < -0.4 is 5.32 Å². The molecule has 0 amide bonds. The van der Waals surface area contributed by atoms with Crippen molar-refractivity contribution >= 4 is 33.3 Å². The molecule has 82 valence electrons. The molecule has 1 fully saturated rings. The number of hydrogen-bond acceptors (Lipinski definition) is 4. The number of hydrogen-bond donors (Lipinski definition) is 1. The van der Waals surface area contributed by atoms with Crippen LogP contribution in [0.15, 0.2) is 17.0 Å². The molecule has 1 N–H and O–H groups in total. The molecule has 4 nitrogen and oxygen atoms in total. The summed E-state index contributed by atoms with van der Waals surface area (Å²) in [6.45, 7) is 1.36. The van der Waals surface area contributed by atoms with Crippen molar-refractivity contribution in [3.63, 3.8) is 0 Å². The van der Waals surface area contributed by atoms with Gasteiger partial charge in [-0.3, -0.25) is 0 Å². The fourth-order valence-electron chi connectivity index (χ4n) is 1.50. The average Bonchev–Trinajstić information content (AvgIpc) is 2.71. The third-order valence-corrected chi connectivity index (χ3v) is 3.50. The maximum atomic E-state index is 5.97. The van der Waals surface area contributed by atoms with Crippen LogP contribution in [0.25, 0.3) is 0 Å². The zero-order valence-electron chi connectivity index (χ0n) is 8.04. The Kier molecular flexibility index (Phi) is 3.43. The molecule has 1 aliphatic heterocycles. The molecule has 1 atom stereocenters. The van der Waals surface area contributed by atoms with Crippen LogP contribution in [0.5, 0.6) is 0 Å². The first-order valence-corrected chi connectivity index (χ1v) is 5.96. The highest BCUT2D eigenvalue weighted by Gasteiger charge is 2.34. The maximum Gasteiger partial charge on any atom is 0.144 e. The lowest BCUT2D eigenvalue weighted by Crippen LogP contribution is -2.41. The Hall–Kier alpha value is -0.390. The third-order valence-electron chi connectivity index (χ3n) is 2.41. The fraction of sp³-hybridized carbons (Fsp3) is 0.556. The number of aromatic nitrogens is 2. The second-order valence-corrected chi connectivity index (χ2v) is 4.68. The van der Waals surface area contributed by atoms with Gasteiger partial charge in [-0.25, -0.2) is 9.97 Å². The first kappa shape index (κ1) is 11.1. The van der Waals surface area contributed by atoms with Crippen molar-refractivity contribution in [2.24, 2.45) is 0 Å². The van der Waals surface area contributed by atoms with E-state index in [0.717, 1.165) is 23.3 Å². The molecule has 1 aromatic rings. The van der Waals surface area contributed by atoms with Gasteiger partial charge in [-0.2, -0.15) is 0 Å². The van der Waals surface area contributed by atoms with Gasteiger partial charge in [0, 0.05) is 18.7 Å². The number of halogens is 2. The van der Waals surface area contributed by atoms with E-state index in [2.05, 4.69) is 31.2 Å². The Labute approximate surface area is 102 Å². The highest BCUT2D eigenvalue weighted by Crippen LogP contribution is 2.27. The normalized spacial score (nSPS) is 25.5. The molecule has 1 unspecified atom stereocenters. The van der Waals surface area contributed by atoms with Crippen molar-refractivity contribution in [3.8, 4) is 0 Å². The van der Waals surface area contributed by atoms with Gasteiger partial charge in [-0.1, -0.05) is 0 Å². The molecule has 15 heavy (non-hydrogen) atoms. The van der Waals surface area contributed by atoms with Gasteiger partial charge < -0.3 is 10.1 Å². The van der Waals surface area contributed by atoms with Gasteiger partial charge in [0.05, 0.1) is 16.6 Å². The van der Waals surface area contributed by atoms with E-state index < -0.39 is 0 Å². The summed E-state index contributed by atoms with van der Waals surface area (Å²) in [5, 5.41) is 3.32. The Morgan fingerprint density at radius 1 is 1.67 bits per heavy atom. The van der Waals surface area contributed by atoms with E-state index in [4.69, 9.17) is 16.3 Å². The maximum absolute atomic E-state index is 5.97. The van der Waals surface area contributed by atoms with Crippen LogP contribution in [-0.4, -0.2) is 34.6 Å². The highest BCUT2D eigenvalue weighted by molar-refractivity contribution is 9.10. The van der Waals surface area contributed by atoms with Crippen LogP contribution in [0.4, 0.5) is 5.82 Å². The average molecular weight is 293 g/mol. The predicted octanol–water partition coefficient (Wildman–Crippen LogP) is 2.05. The van der Waals surface area contributed by atoms with E-state index >= 15 is 0 Å². The third kappa shape index (κ3) is 2.41. The summed E-state index contributed by atoms with van der Waals surface area (Å²) in [4.78, 5) is 8.06. The number of alkyl halides is 1. The SMILES string of the molecule is ClCC1(Nc2ncncc2Br)CCOC1. The molecule has 0 aliphatic carbocycles. The van der Waals surface area contributed by atoms with Crippen LogP contribution >= 0.6 is 27.5 Å². The molecule has 0 spiro atoms. The Morgan fingerprint density at radius 3 is 3.13 bits per heavy atom. The molecular weight excluding hydrogens is 281 g/mol. The number of nitrogens with one attached hydrogen (secondary N) is 1. The van der Waals surface area contributed by atoms with Crippen molar-refractivity contribution in [2.75, 3.05) is 24.4 Å². The lowest BCUT2D eigenvalue weighted by atomic mass is 10.0. The molecule has 0 aromatic carbocycles. The van der Waals surface area contributed by atoms with Gasteiger partial charge in [-0.15, -0.1) is 11.6 Å². The van der Waals surface area contributed by atoms with Crippen molar-refractivity contribution in [1.82, 2.24) is 9.97 Å². The standard InChI is InChI=1S/C9H11BrClN3O/c10-7-3-12-6-13-8(7)14-9(4-11)1-2-15-5-9/h3,6H,1-2,4-5H2,(H,12,13,14).